The zero-order valence-electron chi connectivity index (χ0n) is 27.5. The maximum absolute atomic E-state index is 6.18. The number of nitrogens with two attached hydrogens (primary N) is 1. The normalized spacial score (nSPS) is 15.9. The zero-order valence-corrected chi connectivity index (χ0v) is 30.8. The van der Waals surface area contributed by atoms with E-state index < -0.39 is 5.31 Å². The van der Waals surface area contributed by atoms with Gasteiger partial charge in [0.2, 0.25) is 0 Å². The molecule has 9 heteroatoms. The minimum atomic E-state index is -2.89. The quantitative estimate of drug-likeness (QED) is 0.0806. The van der Waals surface area contributed by atoms with Crippen LogP contribution in [-0.2, 0) is 6.42 Å². The van der Waals surface area contributed by atoms with Crippen LogP contribution in [0.5, 0.6) is 5.75 Å². The van der Waals surface area contributed by atoms with Gasteiger partial charge in [0.15, 0.2) is 11.9 Å². The van der Waals surface area contributed by atoms with Gasteiger partial charge in [0.05, 0.1) is 0 Å². The number of hydrogen-bond acceptors (Lipinski definition) is 4. The van der Waals surface area contributed by atoms with Crippen molar-refractivity contribution in [1.82, 2.24) is 10.6 Å². The van der Waals surface area contributed by atoms with E-state index in [1.165, 1.54) is 21.5 Å². The first-order valence-electron chi connectivity index (χ1n) is 16.6. The Balaban J connectivity index is 0.00000468. The molecule has 6 nitrogen and oxygen atoms in total. The molecule has 1 atom stereocenters. The molecular formula is C40H44BrClN5OP. The first kappa shape index (κ1) is 36.1. The van der Waals surface area contributed by atoms with Crippen molar-refractivity contribution in [2.24, 2.45) is 15.7 Å². The first-order chi connectivity index (χ1) is 23.5. The topological polar surface area (TPSA) is 84.0 Å². The van der Waals surface area contributed by atoms with Gasteiger partial charge in [0.25, 0.3) is 0 Å². The summed E-state index contributed by atoms with van der Waals surface area (Å²) in [5, 5.41) is 7.58. The molecule has 0 aliphatic carbocycles. The Morgan fingerprint density at radius 2 is 1.22 bits per heavy atom. The smallest absolute Gasteiger partial charge is 0.297 e. The Labute approximate surface area is 304 Å². The molecule has 0 spiro atoms. The Bertz CT molecular complexity index is 1710. The molecule has 0 saturated carbocycles. The maximum atomic E-state index is 6.18. The second-order valence-corrected chi connectivity index (χ2v) is 21.1. The van der Waals surface area contributed by atoms with Crippen molar-refractivity contribution in [3.63, 3.8) is 0 Å². The molecule has 254 valence electrons. The molecule has 0 amide bonds. The van der Waals surface area contributed by atoms with Crippen LogP contribution in [0.3, 0.4) is 0 Å². The van der Waals surface area contributed by atoms with Crippen LogP contribution in [0.25, 0.3) is 0 Å². The van der Waals surface area contributed by atoms with E-state index in [9.17, 15) is 0 Å². The SMILES string of the molecule is Cl.NC1=NC(c2ccc(OCCCCCP(Br)(c3ccccc3)(c3ccccc3)c3ccccc3)cc2)NC(=NCCc2ccccc2)N1. The van der Waals surface area contributed by atoms with Crippen molar-refractivity contribution < 1.29 is 4.74 Å². The molecule has 0 bridgehead atoms. The Hall–Kier alpha value is -4.16. The van der Waals surface area contributed by atoms with Crippen molar-refractivity contribution >= 4 is 61.0 Å². The molecule has 5 aromatic carbocycles. The van der Waals surface area contributed by atoms with Crippen LogP contribution in [-0.4, -0.2) is 31.2 Å². The Kier molecular flexibility index (Phi) is 12.5. The standard InChI is InChI=1S/C40H43BrN5OP.ClH/c41-48(35-18-8-2-9-19-35,36-20-10-3-11-21-36,37-22-12-4-13-23-37)31-15-5-14-30-47-34-26-24-33(25-27-34)38-44-39(42)46-40(45-38)43-29-28-32-16-6-1-7-17-32;/h1-4,6-13,16-27,38H,5,14-15,28-31H2,(H4,42,43,44,45,46);1H. The molecule has 49 heavy (non-hydrogen) atoms. The Morgan fingerprint density at radius 1 is 0.694 bits per heavy atom. The van der Waals surface area contributed by atoms with Crippen LogP contribution in [0.2, 0.25) is 0 Å². The number of halogens is 2. The molecule has 1 unspecified atom stereocenters. The molecule has 0 fully saturated rings. The van der Waals surface area contributed by atoms with Crippen LogP contribution in [0.4, 0.5) is 0 Å². The van der Waals surface area contributed by atoms with Gasteiger partial charge in [0, 0.05) is 6.54 Å². The predicted octanol–water partition coefficient (Wildman–Crippen LogP) is 7.60. The summed E-state index contributed by atoms with van der Waals surface area (Å²) in [6, 6.07) is 51.4. The molecule has 0 saturated heterocycles. The van der Waals surface area contributed by atoms with Gasteiger partial charge < -0.3 is 5.73 Å². The number of ether oxygens (including phenoxy) is 1. The average Bonchev–Trinajstić information content (AvgIpc) is 3.14. The van der Waals surface area contributed by atoms with E-state index in [2.05, 4.69) is 139 Å². The van der Waals surface area contributed by atoms with Crippen molar-refractivity contribution in [1.29, 1.82) is 0 Å². The molecule has 4 N–H and O–H groups in total. The Morgan fingerprint density at radius 3 is 1.78 bits per heavy atom. The zero-order chi connectivity index (χ0) is 33.1. The van der Waals surface area contributed by atoms with Gasteiger partial charge in [-0.1, -0.05) is 30.3 Å². The third-order valence-corrected chi connectivity index (χ3v) is 18.9. The van der Waals surface area contributed by atoms with Gasteiger partial charge in [-0.15, -0.1) is 12.4 Å². The monoisotopic (exact) mass is 755 g/mol. The number of hydrogen-bond donors (Lipinski definition) is 3. The average molecular weight is 757 g/mol. The van der Waals surface area contributed by atoms with Crippen molar-refractivity contribution in [2.75, 3.05) is 19.3 Å². The van der Waals surface area contributed by atoms with E-state index in [-0.39, 0.29) is 18.6 Å². The van der Waals surface area contributed by atoms with Gasteiger partial charge in [-0.05, 0) is 12.0 Å². The van der Waals surface area contributed by atoms with Crippen molar-refractivity contribution in [3.8, 4) is 5.75 Å². The summed E-state index contributed by atoms with van der Waals surface area (Å²) < 4.78 is 6.18. The first-order valence-corrected chi connectivity index (χ1v) is 21.0. The molecular weight excluding hydrogens is 713 g/mol. The summed E-state index contributed by atoms with van der Waals surface area (Å²) >= 11 is 4.56. The number of guanidine groups is 2. The van der Waals surface area contributed by atoms with Gasteiger partial charge in [-0.25, -0.2) is 0 Å². The number of aliphatic imine (C=N–C) groups is 2. The van der Waals surface area contributed by atoms with Gasteiger partial charge >= 0.3 is 217 Å². The molecule has 0 radical (unpaired) electrons. The van der Waals surface area contributed by atoms with Gasteiger partial charge in [-0.2, -0.15) is 0 Å². The molecule has 5 aromatic rings. The molecule has 1 heterocycles. The molecule has 6 rings (SSSR count). The van der Waals surface area contributed by atoms with Crippen LogP contribution >= 0.6 is 33.2 Å². The number of nitrogens with zero attached hydrogens (tertiary/aromatic N) is 2. The summed E-state index contributed by atoms with van der Waals surface area (Å²) in [7, 11) is 0. The summed E-state index contributed by atoms with van der Waals surface area (Å²) in [5.74, 6) is 1.83. The van der Waals surface area contributed by atoms with Crippen LogP contribution < -0.4 is 37.0 Å². The predicted molar refractivity (Wildman–Crippen MR) is 215 cm³/mol. The molecule has 1 aliphatic heterocycles. The minimum absolute atomic E-state index is 0. The van der Waals surface area contributed by atoms with E-state index in [1.54, 1.807) is 0 Å². The number of rotatable bonds is 14. The third kappa shape index (κ3) is 8.53. The number of benzene rings is 5. The summed E-state index contributed by atoms with van der Waals surface area (Å²) in [5.41, 5.74) is 8.34. The fraction of sp³-hybridized carbons (Fsp3) is 0.200. The summed E-state index contributed by atoms with van der Waals surface area (Å²) in [6.45, 7) is 1.31. The second kappa shape index (κ2) is 17.0. The minimum Gasteiger partial charge on any atom is -0.297 e. The van der Waals surface area contributed by atoms with E-state index in [0.29, 0.717) is 25.1 Å². The van der Waals surface area contributed by atoms with Crippen molar-refractivity contribution in [2.45, 2.75) is 31.8 Å². The fourth-order valence-corrected chi connectivity index (χ4v) is 14.1. The molecule has 1 aliphatic rings. The van der Waals surface area contributed by atoms with Crippen LogP contribution in [0, 0.1) is 0 Å². The van der Waals surface area contributed by atoms with Gasteiger partial charge in [0.1, 0.15) is 0 Å². The summed E-state index contributed by atoms with van der Waals surface area (Å²) in [4.78, 5) is 9.20. The van der Waals surface area contributed by atoms with E-state index >= 15 is 0 Å². The van der Waals surface area contributed by atoms with E-state index in [4.69, 9.17) is 10.5 Å². The third-order valence-electron chi connectivity index (χ3n) is 8.87. The summed E-state index contributed by atoms with van der Waals surface area (Å²) in [6.07, 6.45) is 4.68. The number of unbranched alkanes of at least 4 members (excludes halogenated alkanes) is 2. The second-order valence-electron chi connectivity index (χ2n) is 12.0. The fourth-order valence-electron chi connectivity index (χ4n) is 6.35. The number of nitrogens with one attached hydrogen (secondary N) is 2. The van der Waals surface area contributed by atoms with E-state index in [0.717, 1.165) is 43.2 Å². The van der Waals surface area contributed by atoms with Crippen molar-refractivity contribution in [3.05, 3.63) is 157 Å². The van der Waals surface area contributed by atoms with E-state index in [1.807, 2.05) is 42.5 Å². The van der Waals surface area contributed by atoms with Gasteiger partial charge in [-0.3, -0.25) is 10.3 Å². The van der Waals surface area contributed by atoms with Crippen LogP contribution in [0.15, 0.2) is 156 Å². The van der Waals surface area contributed by atoms with Crippen LogP contribution in [0.1, 0.15) is 36.6 Å². The molecule has 0 aromatic heterocycles.